The molecule has 92 valence electrons. The number of aromatic nitrogens is 2. The van der Waals surface area contributed by atoms with Gasteiger partial charge in [0.1, 0.15) is 5.82 Å². The minimum Gasteiger partial charge on any atom is -0.394 e. The fourth-order valence-corrected chi connectivity index (χ4v) is 1.77. The fraction of sp³-hybridized carbons (Fsp3) is 0.727. The highest BCUT2D eigenvalue weighted by Crippen LogP contribution is 2.27. The summed E-state index contributed by atoms with van der Waals surface area (Å²) in [6, 6.07) is 0. The largest absolute Gasteiger partial charge is 0.394 e. The van der Waals surface area contributed by atoms with E-state index in [1.54, 1.807) is 0 Å². The monoisotopic (exact) mass is 242 g/mol. The number of hydrogen-bond donors (Lipinski definition) is 2. The van der Waals surface area contributed by atoms with Crippen molar-refractivity contribution >= 4 is 23.3 Å². The van der Waals surface area contributed by atoms with Crippen LogP contribution >= 0.6 is 11.8 Å². The van der Waals surface area contributed by atoms with Gasteiger partial charge in [0.05, 0.1) is 11.4 Å². The Bertz CT molecular complexity index is 346. The molecule has 5 heteroatoms. The van der Waals surface area contributed by atoms with Crippen molar-refractivity contribution in [1.29, 1.82) is 0 Å². The molecule has 0 aliphatic rings. The van der Waals surface area contributed by atoms with Gasteiger partial charge in [-0.25, -0.2) is 0 Å². The number of rotatable bonds is 5. The van der Waals surface area contributed by atoms with Gasteiger partial charge in [0.2, 0.25) is 0 Å². The highest BCUT2D eigenvalue weighted by Gasteiger charge is 2.15. The zero-order valence-corrected chi connectivity index (χ0v) is 11.6. The van der Waals surface area contributed by atoms with Crippen LogP contribution in [0.2, 0.25) is 0 Å². The quantitative estimate of drug-likeness (QED) is 0.832. The fourth-order valence-electron chi connectivity index (χ4n) is 1.52. The van der Waals surface area contributed by atoms with Crippen molar-refractivity contribution < 1.29 is 0 Å². The molecule has 4 nitrogen and oxygen atoms in total. The number of nitrogens with two attached hydrogens (primary N) is 1. The zero-order chi connectivity index (χ0) is 12.3. The van der Waals surface area contributed by atoms with Crippen LogP contribution in [0.5, 0.6) is 0 Å². The molecule has 0 saturated carbocycles. The SMILES string of the molecule is CSC(C)CNc1c(N)c(C(C)C)nn1C. The van der Waals surface area contributed by atoms with Gasteiger partial charge in [-0.3, -0.25) is 4.68 Å². The molecule has 0 aromatic carbocycles. The van der Waals surface area contributed by atoms with E-state index >= 15 is 0 Å². The van der Waals surface area contributed by atoms with Gasteiger partial charge in [-0.05, 0) is 12.2 Å². The third-order valence-electron chi connectivity index (χ3n) is 2.62. The molecule has 1 aromatic heterocycles. The Balaban J connectivity index is 2.80. The molecule has 1 atom stereocenters. The van der Waals surface area contributed by atoms with Gasteiger partial charge in [-0.15, -0.1) is 0 Å². The third kappa shape index (κ3) is 2.84. The summed E-state index contributed by atoms with van der Waals surface area (Å²) >= 11 is 1.84. The lowest BCUT2D eigenvalue weighted by Gasteiger charge is -2.11. The van der Waals surface area contributed by atoms with Crippen molar-refractivity contribution in [3.63, 3.8) is 0 Å². The topological polar surface area (TPSA) is 55.9 Å². The van der Waals surface area contributed by atoms with Crippen molar-refractivity contribution in [1.82, 2.24) is 9.78 Å². The lowest BCUT2D eigenvalue weighted by atomic mass is 10.1. The van der Waals surface area contributed by atoms with Gasteiger partial charge in [-0.2, -0.15) is 16.9 Å². The maximum absolute atomic E-state index is 6.08. The molecule has 0 spiro atoms. The Morgan fingerprint density at radius 3 is 2.50 bits per heavy atom. The number of nitrogen functional groups attached to an aromatic ring is 1. The molecular formula is C11H22N4S. The second kappa shape index (κ2) is 5.48. The van der Waals surface area contributed by atoms with Crippen LogP contribution in [-0.2, 0) is 7.05 Å². The van der Waals surface area contributed by atoms with E-state index in [1.165, 1.54) is 0 Å². The molecule has 0 radical (unpaired) electrons. The van der Waals surface area contributed by atoms with Crippen molar-refractivity contribution in [3.05, 3.63) is 5.69 Å². The van der Waals surface area contributed by atoms with Crippen molar-refractivity contribution in [2.24, 2.45) is 7.05 Å². The average Bonchev–Trinajstić information content (AvgIpc) is 2.51. The molecule has 1 aromatic rings. The summed E-state index contributed by atoms with van der Waals surface area (Å²) < 4.78 is 1.83. The van der Waals surface area contributed by atoms with Crippen LogP contribution in [0.15, 0.2) is 0 Å². The second-order valence-corrected chi connectivity index (χ2v) is 5.63. The highest BCUT2D eigenvalue weighted by atomic mass is 32.2. The van der Waals surface area contributed by atoms with E-state index in [0.29, 0.717) is 11.2 Å². The van der Waals surface area contributed by atoms with Crippen LogP contribution in [0.25, 0.3) is 0 Å². The molecule has 0 amide bonds. The lowest BCUT2D eigenvalue weighted by Crippen LogP contribution is -2.15. The number of hydrogen-bond acceptors (Lipinski definition) is 4. The molecule has 3 N–H and O–H groups in total. The van der Waals surface area contributed by atoms with E-state index in [2.05, 4.69) is 37.4 Å². The summed E-state index contributed by atoms with van der Waals surface area (Å²) in [7, 11) is 1.92. The number of aryl methyl sites for hydroxylation is 1. The summed E-state index contributed by atoms with van der Waals surface area (Å²) in [6.45, 7) is 7.30. The van der Waals surface area contributed by atoms with E-state index in [0.717, 1.165) is 23.7 Å². The Morgan fingerprint density at radius 1 is 1.44 bits per heavy atom. The number of thioether (sulfide) groups is 1. The molecule has 0 fully saturated rings. The molecule has 0 aliphatic carbocycles. The smallest absolute Gasteiger partial charge is 0.147 e. The van der Waals surface area contributed by atoms with Gasteiger partial charge in [-0.1, -0.05) is 20.8 Å². The summed E-state index contributed by atoms with van der Waals surface area (Å²) in [5, 5.41) is 8.36. The number of nitrogens with zero attached hydrogens (tertiary/aromatic N) is 2. The first-order valence-electron chi connectivity index (χ1n) is 5.56. The van der Waals surface area contributed by atoms with Crippen LogP contribution in [0.3, 0.4) is 0 Å². The van der Waals surface area contributed by atoms with Crippen molar-refractivity contribution in [3.8, 4) is 0 Å². The van der Waals surface area contributed by atoms with Gasteiger partial charge < -0.3 is 11.1 Å². The standard InChI is InChI=1S/C11H22N4S/c1-7(2)10-9(12)11(15(4)14-10)13-6-8(3)16-5/h7-8,13H,6,12H2,1-5H3. The van der Waals surface area contributed by atoms with Gasteiger partial charge in [0.15, 0.2) is 0 Å². The lowest BCUT2D eigenvalue weighted by molar-refractivity contribution is 0.714. The molecule has 16 heavy (non-hydrogen) atoms. The summed E-state index contributed by atoms with van der Waals surface area (Å²) in [6.07, 6.45) is 2.11. The molecule has 0 bridgehead atoms. The van der Waals surface area contributed by atoms with Gasteiger partial charge in [0, 0.05) is 18.8 Å². The van der Waals surface area contributed by atoms with Crippen LogP contribution in [0.1, 0.15) is 32.4 Å². The summed E-state index contributed by atoms with van der Waals surface area (Å²) in [5.41, 5.74) is 7.84. The summed E-state index contributed by atoms with van der Waals surface area (Å²) in [4.78, 5) is 0. The molecule has 1 heterocycles. The number of anilines is 2. The maximum atomic E-state index is 6.08. The Labute approximate surface area is 102 Å². The molecule has 0 saturated heterocycles. The highest BCUT2D eigenvalue weighted by molar-refractivity contribution is 7.99. The first kappa shape index (κ1) is 13.2. The average molecular weight is 242 g/mol. The van der Waals surface area contributed by atoms with E-state index in [-0.39, 0.29) is 0 Å². The summed E-state index contributed by atoms with van der Waals surface area (Å²) in [5.74, 6) is 1.30. The predicted octanol–water partition coefficient (Wildman–Crippen LogP) is 2.29. The number of nitrogens with one attached hydrogen (secondary N) is 1. The van der Waals surface area contributed by atoms with Crippen LogP contribution in [0.4, 0.5) is 11.5 Å². The zero-order valence-electron chi connectivity index (χ0n) is 10.7. The first-order chi connectivity index (χ1) is 7.47. The first-order valence-corrected chi connectivity index (χ1v) is 6.85. The van der Waals surface area contributed by atoms with E-state index in [1.807, 2.05) is 23.5 Å². The van der Waals surface area contributed by atoms with E-state index in [4.69, 9.17) is 5.73 Å². The Kier molecular flexibility index (Phi) is 4.53. The third-order valence-corrected chi connectivity index (χ3v) is 3.59. The molecule has 1 rings (SSSR count). The van der Waals surface area contributed by atoms with Gasteiger partial charge in [0.25, 0.3) is 0 Å². The maximum Gasteiger partial charge on any atom is 0.147 e. The van der Waals surface area contributed by atoms with E-state index in [9.17, 15) is 0 Å². The second-order valence-electron chi connectivity index (χ2n) is 4.35. The Morgan fingerprint density at radius 2 is 2.06 bits per heavy atom. The minimum absolute atomic E-state index is 0.361. The van der Waals surface area contributed by atoms with Crippen LogP contribution < -0.4 is 11.1 Å². The van der Waals surface area contributed by atoms with Crippen LogP contribution in [-0.4, -0.2) is 27.8 Å². The minimum atomic E-state index is 0.361. The van der Waals surface area contributed by atoms with Crippen molar-refractivity contribution in [2.45, 2.75) is 31.9 Å². The Hall–Kier alpha value is -0.840. The molecular weight excluding hydrogens is 220 g/mol. The molecule has 0 aliphatic heterocycles. The molecule has 1 unspecified atom stereocenters. The van der Waals surface area contributed by atoms with E-state index < -0.39 is 0 Å². The van der Waals surface area contributed by atoms with Crippen molar-refractivity contribution in [2.75, 3.05) is 23.9 Å². The normalized spacial score (nSPS) is 13.1. The van der Waals surface area contributed by atoms with Gasteiger partial charge >= 0.3 is 0 Å². The van der Waals surface area contributed by atoms with Crippen LogP contribution in [0, 0.1) is 0 Å². The predicted molar refractivity (Wildman–Crippen MR) is 73.2 cm³/mol.